The van der Waals surface area contributed by atoms with Gasteiger partial charge in [-0.25, -0.2) is 0 Å². The van der Waals surface area contributed by atoms with E-state index in [1.54, 1.807) is 0 Å². The number of carbonyl (C=O) groups excluding carboxylic acids is 1. The fourth-order valence-electron chi connectivity index (χ4n) is 1.61. The minimum Gasteiger partial charge on any atom is -0.349 e. The van der Waals surface area contributed by atoms with Gasteiger partial charge in [0.25, 0.3) is 0 Å². The Kier molecular flexibility index (Phi) is 5.65. The van der Waals surface area contributed by atoms with Crippen molar-refractivity contribution < 1.29 is 4.79 Å². The summed E-state index contributed by atoms with van der Waals surface area (Å²) >= 11 is 3.43. The molecule has 0 aliphatic heterocycles. The first-order chi connectivity index (χ1) is 8.04. The summed E-state index contributed by atoms with van der Waals surface area (Å²) in [5.41, 5.74) is 1.10. The second-order valence-corrected chi connectivity index (χ2v) is 5.16. The van der Waals surface area contributed by atoms with Crippen molar-refractivity contribution >= 4 is 21.8 Å². The Balaban J connectivity index is 2.60. The lowest BCUT2D eigenvalue weighted by Gasteiger charge is -2.18. The Morgan fingerprint density at radius 1 is 1.41 bits per heavy atom. The summed E-state index contributed by atoms with van der Waals surface area (Å²) in [7, 11) is 1.85. The van der Waals surface area contributed by atoms with Gasteiger partial charge in [0.2, 0.25) is 5.91 Å². The van der Waals surface area contributed by atoms with E-state index < -0.39 is 0 Å². The standard InChI is InChI=1S/C13H19BrN2O/c1-9(8-15-3)13(17)16-10(2)11-5-4-6-12(14)7-11/h4-7,9-10,15H,8H2,1-3H3,(H,16,17). The normalized spacial score (nSPS) is 14.1. The molecule has 0 heterocycles. The maximum atomic E-state index is 11.8. The zero-order valence-corrected chi connectivity index (χ0v) is 12.0. The van der Waals surface area contributed by atoms with Crippen molar-refractivity contribution in [2.75, 3.05) is 13.6 Å². The lowest BCUT2D eigenvalue weighted by molar-refractivity contribution is -0.125. The SMILES string of the molecule is CNCC(C)C(=O)NC(C)c1cccc(Br)c1. The van der Waals surface area contributed by atoms with Crippen LogP contribution in [0.2, 0.25) is 0 Å². The zero-order chi connectivity index (χ0) is 12.8. The molecular formula is C13H19BrN2O. The summed E-state index contributed by atoms with van der Waals surface area (Å²) in [6, 6.07) is 8.01. The number of hydrogen-bond acceptors (Lipinski definition) is 2. The number of carbonyl (C=O) groups is 1. The molecule has 1 rings (SSSR count). The van der Waals surface area contributed by atoms with Crippen LogP contribution in [-0.2, 0) is 4.79 Å². The fourth-order valence-corrected chi connectivity index (χ4v) is 2.03. The number of hydrogen-bond donors (Lipinski definition) is 2. The molecule has 0 bridgehead atoms. The molecule has 17 heavy (non-hydrogen) atoms. The second kappa shape index (κ2) is 6.77. The average Bonchev–Trinajstić information content (AvgIpc) is 2.29. The van der Waals surface area contributed by atoms with Crippen LogP contribution >= 0.6 is 15.9 Å². The number of halogens is 1. The molecule has 4 heteroatoms. The van der Waals surface area contributed by atoms with Gasteiger partial charge >= 0.3 is 0 Å². The molecule has 0 aromatic heterocycles. The van der Waals surface area contributed by atoms with Gasteiger partial charge in [0, 0.05) is 16.9 Å². The van der Waals surface area contributed by atoms with E-state index in [2.05, 4.69) is 26.6 Å². The third-order valence-corrected chi connectivity index (χ3v) is 3.16. The highest BCUT2D eigenvalue weighted by Crippen LogP contribution is 2.18. The van der Waals surface area contributed by atoms with E-state index in [4.69, 9.17) is 0 Å². The second-order valence-electron chi connectivity index (χ2n) is 4.24. The fraction of sp³-hybridized carbons (Fsp3) is 0.462. The van der Waals surface area contributed by atoms with E-state index in [1.807, 2.05) is 45.2 Å². The number of nitrogens with one attached hydrogen (secondary N) is 2. The predicted molar refractivity (Wildman–Crippen MR) is 73.8 cm³/mol. The molecular weight excluding hydrogens is 280 g/mol. The third kappa shape index (κ3) is 4.48. The van der Waals surface area contributed by atoms with Gasteiger partial charge in [-0.05, 0) is 31.7 Å². The molecule has 0 aliphatic carbocycles. The van der Waals surface area contributed by atoms with E-state index in [1.165, 1.54) is 0 Å². The van der Waals surface area contributed by atoms with Gasteiger partial charge in [0.15, 0.2) is 0 Å². The van der Waals surface area contributed by atoms with E-state index in [9.17, 15) is 4.79 Å². The van der Waals surface area contributed by atoms with Gasteiger partial charge in [-0.1, -0.05) is 35.0 Å². The number of benzene rings is 1. The molecule has 0 saturated heterocycles. The highest BCUT2D eigenvalue weighted by atomic mass is 79.9. The van der Waals surface area contributed by atoms with Gasteiger partial charge < -0.3 is 10.6 Å². The topological polar surface area (TPSA) is 41.1 Å². The molecule has 1 aromatic rings. The first-order valence-electron chi connectivity index (χ1n) is 5.75. The lowest BCUT2D eigenvalue weighted by Crippen LogP contribution is -2.35. The molecule has 2 atom stereocenters. The third-order valence-electron chi connectivity index (χ3n) is 2.67. The van der Waals surface area contributed by atoms with Crippen LogP contribution in [0.25, 0.3) is 0 Å². The molecule has 2 unspecified atom stereocenters. The maximum absolute atomic E-state index is 11.8. The van der Waals surface area contributed by atoms with Crippen LogP contribution in [0.3, 0.4) is 0 Å². The molecule has 0 saturated carbocycles. The van der Waals surface area contributed by atoms with E-state index in [-0.39, 0.29) is 17.9 Å². The van der Waals surface area contributed by atoms with Crippen LogP contribution in [0.4, 0.5) is 0 Å². The molecule has 94 valence electrons. The van der Waals surface area contributed by atoms with E-state index >= 15 is 0 Å². The lowest BCUT2D eigenvalue weighted by atomic mass is 10.1. The zero-order valence-electron chi connectivity index (χ0n) is 10.5. The summed E-state index contributed by atoms with van der Waals surface area (Å²) in [6.07, 6.45) is 0. The summed E-state index contributed by atoms with van der Waals surface area (Å²) in [5, 5.41) is 6.01. The van der Waals surface area contributed by atoms with Crippen molar-refractivity contribution in [1.82, 2.24) is 10.6 Å². The van der Waals surface area contributed by atoms with Crippen molar-refractivity contribution in [2.24, 2.45) is 5.92 Å². The summed E-state index contributed by atoms with van der Waals surface area (Å²) in [6.45, 7) is 4.60. The Morgan fingerprint density at radius 2 is 2.12 bits per heavy atom. The summed E-state index contributed by atoms with van der Waals surface area (Å²) < 4.78 is 1.03. The van der Waals surface area contributed by atoms with Crippen LogP contribution in [0.1, 0.15) is 25.5 Å². The van der Waals surface area contributed by atoms with Crippen molar-refractivity contribution in [3.63, 3.8) is 0 Å². The largest absolute Gasteiger partial charge is 0.349 e. The monoisotopic (exact) mass is 298 g/mol. The van der Waals surface area contributed by atoms with Crippen LogP contribution in [0.5, 0.6) is 0 Å². The molecule has 3 nitrogen and oxygen atoms in total. The van der Waals surface area contributed by atoms with E-state index in [0.717, 1.165) is 10.0 Å². The van der Waals surface area contributed by atoms with Crippen LogP contribution in [0.15, 0.2) is 28.7 Å². The molecule has 1 amide bonds. The number of amides is 1. The van der Waals surface area contributed by atoms with Gasteiger partial charge in [0.1, 0.15) is 0 Å². The van der Waals surface area contributed by atoms with Crippen molar-refractivity contribution in [3.8, 4) is 0 Å². The highest BCUT2D eigenvalue weighted by Gasteiger charge is 2.15. The first-order valence-corrected chi connectivity index (χ1v) is 6.54. The average molecular weight is 299 g/mol. The van der Waals surface area contributed by atoms with Crippen LogP contribution in [-0.4, -0.2) is 19.5 Å². The van der Waals surface area contributed by atoms with Gasteiger partial charge in [0.05, 0.1) is 6.04 Å². The Hall–Kier alpha value is -0.870. The van der Waals surface area contributed by atoms with Crippen LogP contribution < -0.4 is 10.6 Å². The van der Waals surface area contributed by atoms with Gasteiger partial charge in [-0.2, -0.15) is 0 Å². The molecule has 0 aliphatic rings. The molecule has 0 fully saturated rings. The minimum atomic E-state index is -0.0189. The Labute approximate surface area is 111 Å². The van der Waals surface area contributed by atoms with Crippen molar-refractivity contribution in [1.29, 1.82) is 0 Å². The van der Waals surface area contributed by atoms with E-state index in [0.29, 0.717) is 6.54 Å². The predicted octanol–water partition coefficient (Wildman–Crippen LogP) is 2.48. The highest BCUT2D eigenvalue weighted by molar-refractivity contribution is 9.10. The minimum absolute atomic E-state index is 0.0189. The smallest absolute Gasteiger partial charge is 0.224 e. The van der Waals surface area contributed by atoms with Crippen molar-refractivity contribution in [2.45, 2.75) is 19.9 Å². The Morgan fingerprint density at radius 3 is 2.71 bits per heavy atom. The summed E-state index contributed by atoms with van der Waals surface area (Å²) in [4.78, 5) is 11.8. The van der Waals surface area contributed by atoms with Crippen molar-refractivity contribution in [3.05, 3.63) is 34.3 Å². The van der Waals surface area contributed by atoms with Crippen LogP contribution in [0, 0.1) is 5.92 Å². The quantitative estimate of drug-likeness (QED) is 0.877. The van der Waals surface area contributed by atoms with Gasteiger partial charge in [-0.15, -0.1) is 0 Å². The van der Waals surface area contributed by atoms with Gasteiger partial charge in [-0.3, -0.25) is 4.79 Å². The molecule has 2 N–H and O–H groups in total. The number of rotatable bonds is 5. The summed E-state index contributed by atoms with van der Waals surface area (Å²) in [5.74, 6) is 0.0569. The molecule has 1 aromatic carbocycles. The first kappa shape index (κ1) is 14.2. The molecule has 0 spiro atoms. The molecule has 0 radical (unpaired) electrons. The maximum Gasteiger partial charge on any atom is 0.224 e. The Bertz CT molecular complexity index is 381.